The normalized spacial score (nSPS) is 9.58. The Morgan fingerprint density at radius 3 is 2.79 bits per heavy atom. The van der Waals surface area contributed by atoms with Crippen molar-refractivity contribution in [3.63, 3.8) is 0 Å². The van der Waals surface area contributed by atoms with Gasteiger partial charge in [-0.15, -0.1) is 0 Å². The lowest BCUT2D eigenvalue weighted by molar-refractivity contribution is -0.141. The van der Waals surface area contributed by atoms with Crippen LogP contribution in [0, 0.1) is 11.3 Å². The molecule has 0 N–H and O–H groups in total. The number of nitrogens with zero attached hydrogens (tertiary/aromatic N) is 2. The molecule has 0 aliphatic heterocycles. The first-order chi connectivity index (χ1) is 9.01. The molecule has 100 valence electrons. The topological polar surface area (TPSA) is 70.4 Å². The molecule has 0 heterocycles. The molecule has 0 atom stereocenters. The summed E-state index contributed by atoms with van der Waals surface area (Å²) in [6, 6.07) is 6.68. The molecule has 0 saturated heterocycles. The monoisotopic (exact) mass is 344 g/mol. The fraction of sp³-hybridized carbons (Fsp3) is 0.250. The Labute approximate surface area is 123 Å². The average molecular weight is 346 g/mol. The first kappa shape index (κ1) is 15.5. The number of amides is 1. The van der Waals surface area contributed by atoms with Crippen molar-refractivity contribution in [3.05, 3.63) is 33.3 Å². The van der Waals surface area contributed by atoms with Gasteiger partial charge in [0.05, 0.1) is 23.8 Å². The average Bonchev–Trinajstić information content (AvgIpc) is 2.40. The maximum Gasteiger partial charge on any atom is 0.325 e. The van der Waals surface area contributed by atoms with Crippen LogP contribution in [0.25, 0.3) is 0 Å². The van der Waals surface area contributed by atoms with Crippen LogP contribution < -0.4 is 0 Å². The van der Waals surface area contributed by atoms with Gasteiger partial charge in [0.1, 0.15) is 13.1 Å². The van der Waals surface area contributed by atoms with Gasteiger partial charge in [-0.1, -0.05) is 17.7 Å². The van der Waals surface area contributed by atoms with Crippen LogP contribution in [0.1, 0.15) is 10.4 Å². The van der Waals surface area contributed by atoms with Gasteiger partial charge >= 0.3 is 5.97 Å². The lowest BCUT2D eigenvalue weighted by atomic mass is 10.2. The molecule has 1 amide bonds. The number of rotatable bonds is 4. The molecule has 19 heavy (non-hydrogen) atoms. The van der Waals surface area contributed by atoms with Gasteiger partial charge in [-0.05, 0) is 28.1 Å². The Morgan fingerprint density at radius 1 is 1.53 bits per heavy atom. The molecule has 1 rings (SSSR count). The minimum absolute atomic E-state index is 0.218. The van der Waals surface area contributed by atoms with E-state index in [0.717, 1.165) is 4.90 Å². The van der Waals surface area contributed by atoms with E-state index in [0.29, 0.717) is 4.47 Å². The van der Waals surface area contributed by atoms with E-state index in [4.69, 9.17) is 16.9 Å². The maximum absolute atomic E-state index is 12.2. The maximum atomic E-state index is 12.2. The largest absolute Gasteiger partial charge is 0.468 e. The van der Waals surface area contributed by atoms with Crippen LogP contribution in [0.3, 0.4) is 0 Å². The summed E-state index contributed by atoms with van der Waals surface area (Å²) in [7, 11) is 1.21. The summed E-state index contributed by atoms with van der Waals surface area (Å²) < 4.78 is 5.05. The van der Waals surface area contributed by atoms with Crippen molar-refractivity contribution in [2.75, 3.05) is 20.2 Å². The van der Waals surface area contributed by atoms with Crippen LogP contribution in [0.4, 0.5) is 0 Å². The highest BCUT2D eigenvalue weighted by Gasteiger charge is 2.21. The Balaban J connectivity index is 3.03. The molecule has 0 spiro atoms. The second-order valence-corrected chi connectivity index (χ2v) is 4.73. The number of methoxy groups -OCH3 is 1. The molecule has 0 unspecified atom stereocenters. The van der Waals surface area contributed by atoms with Crippen LogP contribution in [0.2, 0.25) is 5.02 Å². The number of halogens is 2. The third kappa shape index (κ3) is 3.94. The van der Waals surface area contributed by atoms with E-state index in [2.05, 4.69) is 20.7 Å². The fourth-order valence-electron chi connectivity index (χ4n) is 1.34. The minimum Gasteiger partial charge on any atom is -0.468 e. The fourth-order valence-corrected chi connectivity index (χ4v) is 1.92. The zero-order chi connectivity index (χ0) is 14.4. The molecule has 0 aliphatic rings. The molecule has 7 heteroatoms. The van der Waals surface area contributed by atoms with E-state index in [1.54, 1.807) is 12.1 Å². The molecule has 1 aromatic rings. The lowest BCUT2D eigenvalue weighted by Gasteiger charge is -2.18. The van der Waals surface area contributed by atoms with Crippen LogP contribution >= 0.6 is 27.5 Å². The van der Waals surface area contributed by atoms with E-state index >= 15 is 0 Å². The van der Waals surface area contributed by atoms with Crippen LogP contribution in [-0.2, 0) is 9.53 Å². The summed E-state index contributed by atoms with van der Waals surface area (Å²) in [5.41, 5.74) is 0.218. The van der Waals surface area contributed by atoms with Gasteiger partial charge < -0.3 is 9.64 Å². The van der Waals surface area contributed by atoms with Gasteiger partial charge in [0.15, 0.2) is 0 Å². The molecule has 0 fully saturated rings. The molecule has 0 aromatic heterocycles. The number of benzene rings is 1. The van der Waals surface area contributed by atoms with Crippen molar-refractivity contribution >= 4 is 39.4 Å². The molecular weight excluding hydrogens is 336 g/mol. The number of hydrogen-bond donors (Lipinski definition) is 0. The first-order valence-electron chi connectivity index (χ1n) is 5.18. The summed E-state index contributed by atoms with van der Waals surface area (Å²) in [6.07, 6.45) is 0. The lowest BCUT2D eigenvalue weighted by Crippen LogP contribution is -2.36. The Kier molecular flexibility index (Phi) is 5.80. The van der Waals surface area contributed by atoms with E-state index in [-0.39, 0.29) is 23.7 Å². The van der Waals surface area contributed by atoms with Crippen molar-refractivity contribution in [1.82, 2.24) is 4.90 Å². The van der Waals surface area contributed by atoms with Crippen molar-refractivity contribution in [2.45, 2.75) is 0 Å². The number of carbonyl (C=O) groups excluding carboxylic acids is 2. The smallest absolute Gasteiger partial charge is 0.325 e. The van der Waals surface area contributed by atoms with Gasteiger partial charge in [-0.3, -0.25) is 9.59 Å². The van der Waals surface area contributed by atoms with E-state index in [9.17, 15) is 9.59 Å². The second-order valence-electron chi connectivity index (χ2n) is 3.50. The first-order valence-corrected chi connectivity index (χ1v) is 6.35. The molecule has 0 bridgehead atoms. The molecule has 0 radical (unpaired) electrons. The number of ether oxygens (including phenoxy) is 1. The second kappa shape index (κ2) is 7.12. The van der Waals surface area contributed by atoms with Crippen LogP contribution in [0.15, 0.2) is 22.7 Å². The van der Waals surface area contributed by atoms with E-state index in [1.807, 2.05) is 6.07 Å². The van der Waals surface area contributed by atoms with Gasteiger partial charge in [-0.25, -0.2) is 0 Å². The van der Waals surface area contributed by atoms with E-state index in [1.165, 1.54) is 13.2 Å². The Bertz CT molecular complexity index is 542. The van der Waals surface area contributed by atoms with Crippen LogP contribution in [0.5, 0.6) is 0 Å². The summed E-state index contributed by atoms with van der Waals surface area (Å²) in [5, 5.41) is 8.94. The molecule has 0 aliphatic carbocycles. The highest BCUT2D eigenvalue weighted by molar-refractivity contribution is 9.10. The zero-order valence-corrected chi connectivity index (χ0v) is 12.4. The van der Waals surface area contributed by atoms with Gasteiger partial charge in [-0.2, -0.15) is 5.26 Å². The van der Waals surface area contributed by atoms with Crippen molar-refractivity contribution in [2.24, 2.45) is 0 Å². The summed E-state index contributed by atoms with van der Waals surface area (Å²) in [4.78, 5) is 24.5. The van der Waals surface area contributed by atoms with Crippen molar-refractivity contribution < 1.29 is 14.3 Å². The molecular formula is C12H10BrClN2O3. The minimum atomic E-state index is -0.602. The highest BCUT2D eigenvalue weighted by Crippen LogP contribution is 2.26. The number of esters is 1. The SMILES string of the molecule is COC(=O)CN(CC#N)C(=O)c1cccc(Br)c1Cl. The quantitative estimate of drug-likeness (QED) is 0.620. The van der Waals surface area contributed by atoms with E-state index < -0.39 is 11.9 Å². The third-order valence-corrected chi connectivity index (χ3v) is 3.57. The third-order valence-electron chi connectivity index (χ3n) is 2.28. The predicted molar refractivity (Wildman–Crippen MR) is 72.7 cm³/mol. The van der Waals surface area contributed by atoms with Crippen LogP contribution in [-0.4, -0.2) is 37.0 Å². The molecule has 1 aromatic carbocycles. The van der Waals surface area contributed by atoms with Crippen molar-refractivity contribution in [1.29, 1.82) is 5.26 Å². The number of carbonyl (C=O) groups is 2. The summed E-state index contributed by atoms with van der Waals surface area (Å²) in [5.74, 6) is -1.10. The summed E-state index contributed by atoms with van der Waals surface area (Å²) >= 11 is 9.22. The van der Waals surface area contributed by atoms with Gasteiger partial charge in [0.25, 0.3) is 5.91 Å². The zero-order valence-electron chi connectivity index (χ0n) is 10.0. The summed E-state index contributed by atoms with van der Waals surface area (Å²) in [6.45, 7) is -0.525. The highest BCUT2D eigenvalue weighted by atomic mass is 79.9. The van der Waals surface area contributed by atoms with Gasteiger partial charge in [0, 0.05) is 4.47 Å². The standard InChI is InChI=1S/C12H10BrClN2O3/c1-19-10(17)7-16(6-5-15)12(18)8-3-2-4-9(13)11(8)14/h2-4H,6-7H2,1H3. The Morgan fingerprint density at radius 2 is 2.21 bits per heavy atom. The number of hydrogen-bond acceptors (Lipinski definition) is 4. The molecule has 0 saturated carbocycles. The molecule has 5 nitrogen and oxygen atoms in total. The van der Waals surface area contributed by atoms with Crippen molar-refractivity contribution in [3.8, 4) is 6.07 Å². The number of nitriles is 1. The predicted octanol–water partition coefficient (Wildman–Crippen LogP) is 2.24. The Hall–Kier alpha value is -1.58. The van der Waals surface area contributed by atoms with Gasteiger partial charge in [0.2, 0.25) is 0 Å².